The van der Waals surface area contributed by atoms with Crippen LogP contribution in [0, 0.1) is 25.5 Å². The number of para-hydroxylation sites is 4. The number of fused-ring (bicyclic) bond motifs is 12. The molecule has 598 valence electrons. The molecule has 12 heterocycles. The van der Waals surface area contributed by atoms with E-state index in [-0.39, 0.29) is 23.8 Å². The number of benzene rings is 8. The standard InChI is InChI=1S/C25H33N3O.C25H32N2O.2C24H29FN2O/c1-18-8-10-19(11-9-18)24(29)7-4-13-27-14-12-22-21(17-27)20-5-3-6-23-25(20)28(22)16-15-26(23)2;1-18-9-11-19(12-10-18)24(28)8-4-14-26-16-13-23-22(17-26)21-7-2-5-20-6-3-15-27(23)25(20)21;2*25-19-10-8-17(9-11-19)23(28)7-3-13-26-15-12-22-21(16-26)20-6-1-4-18-5-2-14-27(22)24(18)20/h3,5-6,8-11,21-22,24,29H,4,7,12-17H2,1-2H3;2,5,7,9-12,22-24,28H,3-4,6,8,13-17H2,1H3;2*1,4,6,8-11,21-23,28H,2-3,5,7,12-16H2/t21-,22-,24?;22-,23-,24?;21-,22-,23+;21-,22-,23-/m0000/s1. The van der Waals surface area contributed by atoms with Crippen molar-refractivity contribution in [2.45, 2.75) is 202 Å². The highest BCUT2D eigenvalue weighted by Gasteiger charge is 2.48. The van der Waals surface area contributed by atoms with Gasteiger partial charge in [0.25, 0.3) is 0 Å². The molecule has 0 aliphatic carbocycles. The van der Waals surface area contributed by atoms with Crippen LogP contribution in [-0.2, 0) is 19.3 Å². The molecule has 2 unspecified atom stereocenters. The molecular formula is C98H123F2N9O4. The highest BCUT2D eigenvalue weighted by molar-refractivity contribution is 5.81. The van der Waals surface area contributed by atoms with E-state index in [1.165, 1.54) is 150 Å². The summed E-state index contributed by atoms with van der Waals surface area (Å²) in [6.07, 6.45) is 18.1. The van der Waals surface area contributed by atoms with Crippen molar-refractivity contribution < 1.29 is 29.2 Å². The number of hydrogen-bond acceptors (Lipinski definition) is 13. The second-order valence-electron chi connectivity index (χ2n) is 35.4. The quantitative estimate of drug-likeness (QED) is 0.0582. The summed E-state index contributed by atoms with van der Waals surface area (Å²) in [4.78, 5) is 23.7. The number of aliphatic hydroxyl groups is 4. The first-order chi connectivity index (χ1) is 55.2. The molecule has 20 rings (SSSR count). The van der Waals surface area contributed by atoms with Crippen molar-refractivity contribution in [3.05, 3.63) is 254 Å². The Balaban J connectivity index is 0.000000109. The van der Waals surface area contributed by atoms with Crippen molar-refractivity contribution in [1.29, 1.82) is 0 Å². The van der Waals surface area contributed by atoms with E-state index in [1.807, 2.05) is 0 Å². The molecule has 0 aromatic heterocycles. The molecule has 0 bridgehead atoms. The maximum absolute atomic E-state index is 13.0. The molecule has 15 heteroatoms. The second-order valence-corrected chi connectivity index (χ2v) is 35.4. The predicted octanol–water partition coefficient (Wildman–Crippen LogP) is 16.9. The highest BCUT2D eigenvalue weighted by atomic mass is 19.1. The van der Waals surface area contributed by atoms with Gasteiger partial charge in [-0.25, -0.2) is 8.78 Å². The molecular weight excluding hydrogens is 1410 g/mol. The van der Waals surface area contributed by atoms with Crippen LogP contribution in [0.3, 0.4) is 0 Å². The first kappa shape index (κ1) is 77.9. The Morgan fingerprint density at radius 2 is 0.611 bits per heavy atom. The summed E-state index contributed by atoms with van der Waals surface area (Å²) in [5, 5.41) is 41.8. The molecule has 113 heavy (non-hydrogen) atoms. The number of rotatable bonds is 20. The van der Waals surface area contributed by atoms with Gasteiger partial charge >= 0.3 is 0 Å². The van der Waals surface area contributed by atoms with E-state index in [0.29, 0.717) is 47.8 Å². The molecule has 13 nitrogen and oxygen atoms in total. The molecule has 4 saturated heterocycles. The molecule has 4 N–H and O–H groups in total. The number of piperidine rings is 4. The molecule has 12 aliphatic rings. The lowest BCUT2D eigenvalue weighted by molar-refractivity contribution is 0.144. The molecule has 0 spiro atoms. The average molecular weight is 1530 g/mol. The zero-order valence-corrected chi connectivity index (χ0v) is 67.4. The monoisotopic (exact) mass is 1530 g/mol. The maximum atomic E-state index is 13.0. The third-order valence-corrected chi connectivity index (χ3v) is 28.4. The number of likely N-dealkylation sites (N-methyl/N-ethyl adjacent to an activating group) is 1. The van der Waals surface area contributed by atoms with Crippen LogP contribution in [0.15, 0.2) is 170 Å². The van der Waals surface area contributed by atoms with Crippen molar-refractivity contribution in [3.63, 3.8) is 0 Å². The van der Waals surface area contributed by atoms with E-state index < -0.39 is 12.2 Å². The van der Waals surface area contributed by atoms with Gasteiger partial charge in [-0.05, 0) is 247 Å². The van der Waals surface area contributed by atoms with E-state index in [0.717, 1.165) is 146 Å². The number of anilines is 5. The lowest BCUT2D eigenvalue weighted by Gasteiger charge is -2.41. The lowest BCUT2D eigenvalue weighted by Crippen LogP contribution is -2.49. The molecule has 8 aromatic rings. The maximum Gasteiger partial charge on any atom is 0.123 e. The summed E-state index contributed by atoms with van der Waals surface area (Å²) in [6, 6.07) is 59.5. The predicted molar refractivity (Wildman–Crippen MR) is 456 cm³/mol. The Bertz CT molecular complexity index is 4170. The van der Waals surface area contributed by atoms with E-state index in [9.17, 15) is 29.2 Å². The first-order valence-electron chi connectivity index (χ1n) is 43.7. The smallest absolute Gasteiger partial charge is 0.123 e. The summed E-state index contributed by atoms with van der Waals surface area (Å²) < 4.78 is 26.1. The van der Waals surface area contributed by atoms with Crippen molar-refractivity contribution >= 4 is 28.4 Å². The van der Waals surface area contributed by atoms with Gasteiger partial charge in [-0.3, -0.25) is 0 Å². The van der Waals surface area contributed by atoms with Crippen molar-refractivity contribution in [1.82, 2.24) is 19.6 Å². The zero-order chi connectivity index (χ0) is 77.2. The average Bonchev–Trinajstić information content (AvgIpc) is 1.42. The van der Waals surface area contributed by atoms with E-state index in [1.54, 1.807) is 80.3 Å². The van der Waals surface area contributed by atoms with Crippen LogP contribution < -0.4 is 24.5 Å². The van der Waals surface area contributed by atoms with Gasteiger partial charge in [0.1, 0.15) is 11.6 Å². The fourth-order valence-electron chi connectivity index (χ4n) is 22.5. The van der Waals surface area contributed by atoms with E-state index in [2.05, 4.69) is 186 Å². The fourth-order valence-corrected chi connectivity index (χ4v) is 22.5. The SMILES string of the molecule is Cc1ccc(C(O)CCCN2CC[C@H]3[C@@H](C2)c2cccc4c2N3CCC4)cc1.Cc1ccc(C(O)CCCN2CC[C@H]3[C@@H](C2)c2cccc4c2N3CCN4C)cc1.O[C@@H](CCCN1CC[C@H]2[C@@H](C1)c1cccc3c1N2CCC3)c1ccc(F)cc1.O[C@H](CCCN1CC[C@H]2[C@@H](C1)c1cccc3c1N2CCC3)c1ccc(F)cc1. The van der Waals surface area contributed by atoms with Crippen molar-refractivity contribution in [2.75, 3.05) is 143 Å². The van der Waals surface area contributed by atoms with Crippen molar-refractivity contribution in [2.24, 2.45) is 0 Å². The van der Waals surface area contributed by atoms with Gasteiger partial charge in [0, 0.05) is 157 Å². The van der Waals surface area contributed by atoms with Crippen LogP contribution in [0.25, 0.3) is 0 Å². The van der Waals surface area contributed by atoms with Gasteiger partial charge < -0.3 is 64.5 Å². The fraction of sp³-hybridized carbons (Fsp3) is 0.510. The number of hydrogen-bond donors (Lipinski definition) is 4. The normalized spacial score (nSPS) is 24.6. The first-order valence-corrected chi connectivity index (χ1v) is 43.7. The van der Waals surface area contributed by atoms with E-state index >= 15 is 0 Å². The van der Waals surface area contributed by atoms with Gasteiger partial charge in [-0.1, -0.05) is 151 Å². The minimum Gasteiger partial charge on any atom is -0.388 e. The van der Waals surface area contributed by atoms with Gasteiger partial charge in [0.15, 0.2) is 0 Å². The van der Waals surface area contributed by atoms with E-state index in [4.69, 9.17) is 0 Å². The van der Waals surface area contributed by atoms with Crippen LogP contribution in [0.4, 0.5) is 37.2 Å². The molecule has 8 aromatic carbocycles. The zero-order valence-electron chi connectivity index (χ0n) is 67.4. The van der Waals surface area contributed by atoms with Gasteiger partial charge in [0.2, 0.25) is 0 Å². The third-order valence-electron chi connectivity index (χ3n) is 28.4. The minimum atomic E-state index is -0.502. The summed E-state index contributed by atoms with van der Waals surface area (Å²) in [6.45, 7) is 23.6. The lowest BCUT2D eigenvalue weighted by atomic mass is 9.88. The second kappa shape index (κ2) is 35.0. The molecule has 12 aliphatic heterocycles. The Morgan fingerprint density at radius 1 is 0.327 bits per heavy atom. The Morgan fingerprint density at radius 3 is 0.929 bits per heavy atom. The van der Waals surface area contributed by atoms with Crippen LogP contribution in [0.2, 0.25) is 0 Å². The highest BCUT2D eigenvalue weighted by Crippen LogP contribution is 2.54. The number of likely N-dealkylation sites (tertiary alicyclic amines) is 4. The minimum absolute atomic E-state index is 0.253. The summed E-state index contributed by atoms with van der Waals surface area (Å²) in [5.74, 6) is 2.05. The van der Waals surface area contributed by atoms with Crippen LogP contribution in [-0.4, -0.2) is 183 Å². The van der Waals surface area contributed by atoms with Crippen LogP contribution in [0.5, 0.6) is 0 Å². The van der Waals surface area contributed by atoms with Gasteiger partial charge in [-0.15, -0.1) is 0 Å². The van der Waals surface area contributed by atoms with Crippen LogP contribution in [0.1, 0.15) is 217 Å². The Kier molecular flexibility index (Phi) is 24.1. The molecule has 0 saturated carbocycles. The Labute approximate surface area is 671 Å². The number of nitrogens with zero attached hydrogens (tertiary/aromatic N) is 9. The largest absolute Gasteiger partial charge is 0.388 e. The van der Waals surface area contributed by atoms with Crippen LogP contribution >= 0.6 is 0 Å². The molecule has 0 amide bonds. The third kappa shape index (κ3) is 16.7. The Hall–Kier alpha value is -7.70. The number of aliphatic hydroxyl groups excluding tert-OH is 4. The number of halogens is 2. The summed E-state index contributed by atoms with van der Waals surface area (Å²) >= 11 is 0. The van der Waals surface area contributed by atoms with Crippen molar-refractivity contribution in [3.8, 4) is 0 Å². The summed E-state index contributed by atoms with van der Waals surface area (Å²) in [5.41, 5.74) is 24.8. The topological polar surface area (TPSA) is 110 Å². The molecule has 4 fully saturated rings. The summed E-state index contributed by atoms with van der Waals surface area (Å²) in [7, 11) is 2.22. The molecule has 12 atom stereocenters. The number of aryl methyl sites for hydroxylation is 5. The molecule has 0 radical (unpaired) electrons. The van der Waals surface area contributed by atoms with Gasteiger partial charge in [0.05, 0.1) is 35.8 Å². The van der Waals surface area contributed by atoms with Gasteiger partial charge in [-0.2, -0.15) is 0 Å².